The first kappa shape index (κ1) is 12.9. The van der Waals surface area contributed by atoms with Gasteiger partial charge in [0.15, 0.2) is 0 Å². The highest BCUT2D eigenvalue weighted by atomic mass is 32.2. The molecule has 0 unspecified atom stereocenters. The third-order valence-corrected chi connectivity index (χ3v) is 3.29. The minimum absolute atomic E-state index is 0.0666. The summed E-state index contributed by atoms with van der Waals surface area (Å²) in [5, 5.41) is 4.00. The summed E-state index contributed by atoms with van der Waals surface area (Å²) in [6, 6.07) is 1.65. The topological polar surface area (TPSA) is 90.0 Å². The molecule has 0 aliphatic heterocycles. The molecule has 0 aliphatic rings. The Morgan fingerprint density at radius 1 is 1.69 bits per heavy atom. The van der Waals surface area contributed by atoms with E-state index in [1.165, 1.54) is 6.20 Å². The van der Waals surface area contributed by atoms with Crippen LogP contribution in [0.25, 0.3) is 0 Å². The van der Waals surface area contributed by atoms with E-state index in [1.54, 1.807) is 10.7 Å². The third-order valence-electron chi connectivity index (χ3n) is 1.75. The molecule has 1 rings (SSSR count). The average Bonchev–Trinajstić information content (AvgIpc) is 2.48. The maximum absolute atomic E-state index is 11.6. The zero-order valence-electron chi connectivity index (χ0n) is 9.04. The second-order valence-corrected chi connectivity index (χ2v) is 5.83. The molecule has 0 saturated carbocycles. The predicted octanol–water partition coefficient (Wildman–Crippen LogP) is 0.492. The first-order chi connectivity index (χ1) is 7.32. The van der Waals surface area contributed by atoms with Crippen LogP contribution in [0.15, 0.2) is 12.3 Å². The van der Waals surface area contributed by atoms with Gasteiger partial charge in [0.25, 0.3) is 0 Å². The Bertz CT molecular complexity index is 478. The van der Waals surface area contributed by atoms with Crippen molar-refractivity contribution in [3.8, 4) is 0 Å². The van der Waals surface area contributed by atoms with Gasteiger partial charge in [0, 0.05) is 12.1 Å². The van der Waals surface area contributed by atoms with Gasteiger partial charge in [-0.3, -0.25) is 4.72 Å². The van der Waals surface area contributed by atoms with Crippen molar-refractivity contribution < 1.29 is 8.42 Å². The Morgan fingerprint density at radius 3 is 2.81 bits per heavy atom. The third kappa shape index (κ3) is 3.46. The number of rotatable bonds is 5. The quantitative estimate of drug-likeness (QED) is 0.754. The highest BCUT2D eigenvalue weighted by molar-refractivity contribution is 7.95. The van der Waals surface area contributed by atoms with Crippen molar-refractivity contribution in [1.82, 2.24) is 9.78 Å². The van der Waals surface area contributed by atoms with Crippen LogP contribution in [0.5, 0.6) is 0 Å². The number of thiocarbonyl (C=S) groups is 1. The first-order valence-corrected chi connectivity index (χ1v) is 6.70. The molecule has 1 heterocycles. The van der Waals surface area contributed by atoms with Gasteiger partial charge < -0.3 is 5.73 Å². The van der Waals surface area contributed by atoms with Crippen molar-refractivity contribution in [2.75, 3.05) is 10.5 Å². The number of hydrogen-bond acceptors (Lipinski definition) is 4. The fourth-order valence-corrected chi connectivity index (χ4v) is 2.58. The van der Waals surface area contributed by atoms with Crippen LogP contribution < -0.4 is 10.5 Å². The zero-order chi connectivity index (χ0) is 12.3. The summed E-state index contributed by atoms with van der Waals surface area (Å²) in [7, 11) is -3.54. The second kappa shape index (κ2) is 4.79. The molecule has 1 aromatic heterocycles. The fraction of sp³-hybridized carbons (Fsp3) is 0.500. The first-order valence-electron chi connectivity index (χ1n) is 4.64. The Labute approximate surface area is 99.9 Å². The molecule has 0 spiro atoms. The van der Waals surface area contributed by atoms with E-state index in [-0.39, 0.29) is 16.8 Å². The molecule has 0 atom stereocenters. The SMILES string of the molecule is CC(C)n1nccc1NS(=O)(=O)CC(N)=S. The van der Waals surface area contributed by atoms with Gasteiger partial charge in [-0.05, 0) is 13.8 Å². The van der Waals surface area contributed by atoms with Crippen molar-refractivity contribution in [2.45, 2.75) is 19.9 Å². The lowest BCUT2D eigenvalue weighted by Crippen LogP contribution is -2.27. The summed E-state index contributed by atoms with van der Waals surface area (Å²) in [5.41, 5.74) is 5.20. The van der Waals surface area contributed by atoms with E-state index >= 15 is 0 Å². The van der Waals surface area contributed by atoms with E-state index in [2.05, 4.69) is 22.0 Å². The Balaban J connectivity index is 2.88. The largest absolute Gasteiger partial charge is 0.392 e. The summed E-state index contributed by atoms with van der Waals surface area (Å²) in [4.78, 5) is -0.0666. The van der Waals surface area contributed by atoms with Crippen molar-refractivity contribution in [3.63, 3.8) is 0 Å². The van der Waals surface area contributed by atoms with Crippen LogP contribution in [0.2, 0.25) is 0 Å². The Hall–Kier alpha value is -1.15. The lowest BCUT2D eigenvalue weighted by Gasteiger charge is -2.12. The fourth-order valence-electron chi connectivity index (χ4n) is 1.19. The molecule has 1 aromatic rings. The normalized spacial score (nSPS) is 11.7. The summed E-state index contributed by atoms with van der Waals surface area (Å²) in [6.45, 7) is 3.80. The molecule has 0 bridgehead atoms. The lowest BCUT2D eigenvalue weighted by molar-refractivity contribution is 0.539. The van der Waals surface area contributed by atoms with Crippen LogP contribution in [0.1, 0.15) is 19.9 Å². The molecule has 0 aromatic carbocycles. The number of nitrogens with two attached hydrogens (primary N) is 1. The van der Waals surface area contributed by atoms with Crippen LogP contribution in [-0.4, -0.2) is 28.9 Å². The molecule has 0 fully saturated rings. The maximum Gasteiger partial charge on any atom is 0.240 e. The molecule has 90 valence electrons. The van der Waals surface area contributed by atoms with Gasteiger partial charge in [-0.15, -0.1) is 0 Å². The molecule has 0 aliphatic carbocycles. The minimum atomic E-state index is -3.54. The Morgan fingerprint density at radius 2 is 2.31 bits per heavy atom. The van der Waals surface area contributed by atoms with E-state index in [0.717, 1.165) is 0 Å². The van der Waals surface area contributed by atoms with E-state index < -0.39 is 10.0 Å². The van der Waals surface area contributed by atoms with Crippen molar-refractivity contribution in [2.24, 2.45) is 5.73 Å². The number of nitrogens with zero attached hydrogens (tertiary/aromatic N) is 2. The Kier molecular flexibility index (Phi) is 3.87. The monoisotopic (exact) mass is 262 g/mol. The smallest absolute Gasteiger partial charge is 0.240 e. The summed E-state index contributed by atoms with van der Waals surface area (Å²) in [6.07, 6.45) is 1.53. The molecule has 0 saturated heterocycles. The van der Waals surface area contributed by atoms with Gasteiger partial charge in [-0.2, -0.15) is 5.10 Å². The van der Waals surface area contributed by atoms with Crippen LogP contribution in [0.4, 0.5) is 5.82 Å². The van der Waals surface area contributed by atoms with Gasteiger partial charge in [0.05, 0.1) is 11.2 Å². The van der Waals surface area contributed by atoms with Crippen molar-refractivity contribution >= 4 is 33.0 Å². The van der Waals surface area contributed by atoms with E-state index in [4.69, 9.17) is 5.73 Å². The molecular formula is C8H14N4O2S2. The number of aromatic nitrogens is 2. The average molecular weight is 262 g/mol. The standard InChI is InChI=1S/C8H14N4O2S2/c1-6(2)12-8(3-4-10-12)11-16(13,14)5-7(9)15/h3-4,6,11H,5H2,1-2H3,(H2,9,15). The highest BCUT2D eigenvalue weighted by Gasteiger charge is 2.15. The van der Waals surface area contributed by atoms with Gasteiger partial charge in [0.1, 0.15) is 11.6 Å². The van der Waals surface area contributed by atoms with Crippen LogP contribution in [-0.2, 0) is 10.0 Å². The number of hydrogen-bond donors (Lipinski definition) is 2. The molecule has 0 amide bonds. The summed E-state index contributed by atoms with van der Waals surface area (Å²) >= 11 is 4.56. The lowest BCUT2D eigenvalue weighted by atomic mass is 10.4. The summed E-state index contributed by atoms with van der Waals surface area (Å²) < 4.78 is 27.1. The van der Waals surface area contributed by atoms with Crippen molar-refractivity contribution in [3.05, 3.63) is 12.3 Å². The van der Waals surface area contributed by atoms with Gasteiger partial charge in [-0.1, -0.05) is 12.2 Å². The molecule has 6 nitrogen and oxygen atoms in total. The highest BCUT2D eigenvalue weighted by Crippen LogP contribution is 2.14. The molecule has 8 heteroatoms. The van der Waals surface area contributed by atoms with E-state index in [9.17, 15) is 8.42 Å². The summed E-state index contributed by atoms with van der Waals surface area (Å²) in [5.74, 6) is 0.0391. The van der Waals surface area contributed by atoms with Crippen LogP contribution in [0, 0.1) is 0 Å². The van der Waals surface area contributed by atoms with Gasteiger partial charge >= 0.3 is 0 Å². The van der Waals surface area contributed by atoms with Crippen LogP contribution in [0.3, 0.4) is 0 Å². The van der Waals surface area contributed by atoms with Crippen LogP contribution >= 0.6 is 12.2 Å². The van der Waals surface area contributed by atoms with Gasteiger partial charge in [0.2, 0.25) is 10.0 Å². The number of sulfonamides is 1. The molecule has 16 heavy (non-hydrogen) atoms. The van der Waals surface area contributed by atoms with Crippen molar-refractivity contribution in [1.29, 1.82) is 0 Å². The zero-order valence-corrected chi connectivity index (χ0v) is 10.7. The minimum Gasteiger partial charge on any atom is -0.392 e. The van der Waals surface area contributed by atoms with E-state index in [1.807, 2.05) is 13.8 Å². The number of nitrogens with one attached hydrogen (secondary N) is 1. The second-order valence-electron chi connectivity index (χ2n) is 3.58. The molecular weight excluding hydrogens is 248 g/mol. The molecule has 3 N–H and O–H groups in total. The number of anilines is 1. The maximum atomic E-state index is 11.6. The van der Waals surface area contributed by atoms with E-state index in [0.29, 0.717) is 5.82 Å². The van der Waals surface area contributed by atoms with Gasteiger partial charge in [-0.25, -0.2) is 13.1 Å². The molecule has 0 radical (unpaired) electrons. The predicted molar refractivity (Wildman–Crippen MR) is 66.8 cm³/mol.